The van der Waals surface area contributed by atoms with E-state index in [2.05, 4.69) is 16.8 Å². The van der Waals surface area contributed by atoms with E-state index in [1.807, 2.05) is 31.2 Å². The van der Waals surface area contributed by atoms with E-state index in [1.165, 1.54) is 12.8 Å². The van der Waals surface area contributed by atoms with Gasteiger partial charge in [0.1, 0.15) is 12.7 Å². The van der Waals surface area contributed by atoms with E-state index in [4.69, 9.17) is 14.2 Å². The van der Waals surface area contributed by atoms with Crippen LogP contribution in [0.4, 0.5) is 0 Å². The quantitative estimate of drug-likeness (QED) is 0.744. The highest BCUT2D eigenvalue weighted by Gasteiger charge is 2.18. The number of hydrogen-bond acceptors (Lipinski definition) is 5. The molecule has 0 amide bonds. The topological polar surface area (TPSA) is 62.6 Å². The minimum absolute atomic E-state index is 0.125. The molecule has 1 saturated carbocycles. The van der Waals surface area contributed by atoms with Gasteiger partial charge in [-0.3, -0.25) is 4.57 Å². The van der Waals surface area contributed by atoms with Crippen LogP contribution in [0.3, 0.4) is 0 Å². The molecule has 1 atom stereocenters. The average Bonchev–Trinajstić information content (AvgIpc) is 3.54. The van der Waals surface area contributed by atoms with Crippen molar-refractivity contribution in [3.8, 4) is 17.7 Å². The van der Waals surface area contributed by atoms with Gasteiger partial charge in [0.2, 0.25) is 5.88 Å². The minimum atomic E-state index is -0.326. The molecule has 0 unspecified atom stereocenters. The maximum absolute atomic E-state index is 12.5. The Hall–Kier alpha value is -2.62. The van der Waals surface area contributed by atoms with E-state index in [9.17, 15) is 4.79 Å². The molecule has 1 aliphatic heterocycles. The summed E-state index contributed by atoms with van der Waals surface area (Å²) in [6.45, 7) is 4.33. The van der Waals surface area contributed by atoms with Gasteiger partial charge < -0.3 is 14.2 Å². The zero-order chi connectivity index (χ0) is 19.3. The lowest BCUT2D eigenvalue weighted by molar-refractivity contribution is -0.102. The molecular weight excluding hydrogens is 356 g/mol. The number of aromatic nitrogens is 2. The van der Waals surface area contributed by atoms with Crippen molar-refractivity contribution in [3.05, 3.63) is 57.6 Å². The summed E-state index contributed by atoms with van der Waals surface area (Å²) >= 11 is 0. The third-order valence-electron chi connectivity index (χ3n) is 4.79. The van der Waals surface area contributed by atoms with Crippen LogP contribution in [0.25, 0.3) is 0 Å². The summed E-state index contributed by atoms with van der Waals surface area (Å²) in [6, 6.07) is 9.80. The molecule has 4 rings (SSSR count). The Balaban J connectivity index is 1.40. The molecule has 1 aromatic heterocycles. The third-order valence-corrected chi connectivity index (χ3v) is 4.79. The van der Waals surface area contributed by atoms with Crippen LogP contribution in [-0.2, 0) is 16.0 Å². The van der Waals surface area contributed by atoms with Gasteiger partial charge in [-0.2, -0.15) is 4.98 Å². The first kappa shape index (κ1) is 18.7. The SMILES string of the molecule is Cc1cc(OC[C@H]2COCCO2)nc(=O)n1Cc1ccc(C#CC2CC2)cc1. The molecular formula is C22H24N2O4. The molecule has 1 saturated heterocycles. The van der Waals surface area contributed by atoms with Gasteiger partial charge in [-0.05, 0) is 37.5 Å². The number of hydrogen-bond donors (Lipinski definition) is 0. The molecule has 2 fully saturated rings. The maximum atomic E-state index is 12.5. The molecule has 0 bridgehead atoms. The van der Waals surface area contributed by atoms with Crippen LogP contribution in [-0.4, -0.2) is 42.1 Å². The second kappa shape index (κ2) is 8.59. The second-order valence-electron chi connectivity index (χ2n) is 7.22. The Morgan fingerprint density at radius 2 is 2.07 bits per heavy atom. The monoisotopic (exact) mass is 380 g/mol. The number of aryl methyl sites for hydroxylation is 1. The molecule has 0 spiro atoms. The Kier molecular flexibility index (Phi) is 5.75. The summed E-state index contributed by atoms with van der Waals surface area (Å²) in [6.07, 6.45) is 2.32. The van der Waals surface area contributed by atoms with Crippen LogP contribution >= 0.6 is 0 Å². The first-order valence-electron chi connectivity index (χ1n) is 9.68. The molecule has 2 heterocycles. The fourth-order valence-corrected chi connectivity index (χ4v) is 2.96. The van der Waals surface area contributed by atoms with Gasteiger partial charge in [-0.15, -0.1) is 0 Å². The second-order valence-corrected chi connectivity index (χ2v) is 7.22. The highest BCUT2D eigenvalue weighted by molar-refractivity contribution is 5.37. The fourth-order valence-electron chi connectivity index (χ4n) is 2.96. The lowest BCUT2D eigenvalue weighted by Gasteiger charge is -2.22. The van der Waals surface area contributed by atoms with Crippen molar-refractivity contribution in [2.24, 2.45) is 5.92 Å². The molecule has 28 heavy (non-hydrogen) atoms. The van der Waals surface area contributed by atoms with Gasteiger partial charge in [0, 0.05) is 23.2 Å². The summed E-state index contributed by atoms with van der Waals surface area (Å²) < 4.78 is 18.1. The Morgan fingerprint density at radius 1 is 1.25 bits per heavy atom. The van der Waals surface area contributed by atoms with Crippen LogP contribution in [0.15, 0.2) is 35.1 Å². The van der Waals surface area contributed by atoms with Crippen LogP contribution in [0, 0.1) is 24.7 Å². The molecule has 0 radical (unpaired) electrons. The van der Waals surface area contributed by atoms with E-state index in [0.717, 1.165) is 16.8 Å². The van der Waals surface area contributed by atoms with Crippen LogP contribution in [0.5, 0.6) is 5.88 Å². The van der Waals surface area contributed by atoms with E-state index < -0.39 is 0 Å². The van der Waals surface area contributed by atoms with Crippen LogP contribution in [0.1, 0.15) is 29.7 Å². The summed E-state index contributed by atoms with van der Waals surface area (Å²) in [5.74, 6) is 7.36. The van der Waals surface area contributed by atoms with Gasteiger partial charge in [0.05, 0.1) is 26.4 Å². The zero-order valence-electron chi connectivity index (χ0n) is 16.0. The van der Waals surface area contributed by atoms with Crippen molar-refractivity contribution < 1.29 is 14.2 Å². The lowest BCUT2D eigenvalue weighted by Crippen LogP contribution is -2.34. The predicted octanol–water partition coefficient (Wildman–Crippen LogP) is 2.16. The van der Waals surface area contributed by atoms with E-state index in [0.29, 0.717) is 44.8 Å². The lowest BCUT2D eigenvalue weighted by atomic mass is 10.1. The first-order chi connectivity index (χ1) is 13.7. The van der Waals surface area contributed by atoms with Crippen molar-refractivity contribution in [1.82, 2.24) is 9.55 Å². The fraction of sp³-hybridized carbons (Fsp3) is 0.455. The first-order valence-corrected chi connectivity index (χ1v) is 9.68. The van der Waals surface area contributed by atoms with E-state index >= 15 is 0 Å². The molecule has 146 valence electrons. The largest absolute Gasteiger partial charge is 0.475 e. The third kappa shape index (κ3) is 5.00. The number of nitrogens with zero attached hydrogens (tertiary/aromatic N) is 2. The van der Waals surface area contributed by atoms with Crippen LogP contribution < -0.4 is 10.4 Å². The number of ether oxygens (including phenoxy) is 3. The standard InChI is InChI=1S/C22H24N2O4/c1-16-12-21(28-15-20-14-26-10-11-27-20)23-22(25)24(16)13-19-8-6-18(7-9-19)5-4-17-2-3-17/h6-9,12,17,20H,2-3,10-11,13-15H2,1H3/t20-/m1/s1. The smallest absolute Gasteiger partial charge is 0.351 e. The predicted molar refractivity (Wildman–Crippen MR) is 104 cm³/mol. The van der Waals surface area contributed by atoms with Crippen molar-refractivity contribution in [2.75, 3.05) is 26.4 Å². The normalized spacial score (nSPS) is 19.0. The van der Waals surface area contributed by atoms with Gasteiger partial charge in [0.15, 0.2) is 0 Å². The van der Waals surface area contributed by atoms with Gasteiger partial charge >= 0.3 is 5.69 Å². The summed E-state index contributed by atoms with van der Waals surface area (Å²) in [7, 11) is 0. The van der Waals surface area contributed by atoms with Crippen molar-refractivity contribution >= 4 is 0 Å². The minimum Gasteiger partial charge on any atom is -0.475 e. The number of benzene rings is 1. The van der Waals surface area contributed by atoms with Crippen molar-refractivity contribution in [2.45, 2.75) is 32.4 Å². The Bertz CT molecular complexity index is 930. The average molecular weight is 380 g/mol. The van der Waals surface area contributed by atoms with Crippen molar-refractivity contribution in [3.63, 3.8) is 0 Å². The van der Waals surface area contributed by atoms with Gasteiger partial charge in [-0.25, -0.2) is 4.79 Å². The molecule has 0 N–H and O–H groups in total. The Morgan fingerprint density at radius 3 is 2.75 bits per heavy atom. The zero-order valence-corrected chi connectivity index (χ0v) is 16.0. The van der Waals surface area contributed by atoms with E-state index in [1.54, 1.807) is 10.6 Å². The highest BCUT2D eigenvalue weighted by atomic mass is 16.6. The molecule has 2 aromatic rings. The summed E-state index contributed by atoms with van der Waals surface area (Å²) in [5.41, 5.74) is 2.52. The molecule has 2 aliphatic rings. The van der Waals surface area contributed by atoms with E-state index in [-0.39, 0.29) is 11.8 Å². The highest BCUT2D eigenvalue weighted by Crippen LogP contribution is 2.27. The van der Waals surface area contributed by atoms with Crippen molar-refractivity contribution in [1.29, 1.82) is 0 Å². The van der Waals surface area contributed by atoms with Gasteiger partial charge in [-0.1, -0.05) is 24.0 Å². The molecule has 1 aliphatic carbocycles. The maximum Gasteiger partial charge on any atom is 0.351 e. The Labute approximate surface area is 164 Å². The van der Waals surface area contributed by atoms with Crippen LogP contribution in [0.2, 0.25) is 0 Å². The molecule has 1 aromatic carbocycles. The van der Waals surface area contributed by atoms with Gasteiger partial charge in [0.25, 0.3) is 0 Å². The summed E-state index contributed by atoms with van der Waals surface area (Å²) in [5, 5.41) is 0. The molecule has 6 nitrogen and oxygen atoms in total. The number of rotatable bonds is 5. The molecule has 6 heteroatoms. The summed E-state index contributed by atoms with van der Waals surface area (Å²) in [4.78, 5) is 16.5.